The number of benzene rings is 3. The largest absolute Gasteiger partial charge is 0.496 e. The maximum absolute atomic E-state index is 5.68. The molecule has 1 N–H and O–H groups in total. The van der Waals surface area contributed by atoms with Crippen LogP contribution in [0.5, 0.6) is 5.75 Å². The number of nitrogens with zero attached hydrogens (tertiary/aromatic N) is 1. The maximum atomic E-state index is 5.68. The Bertz CT molecular complexity index is 1030. The molecule has 3 saturated heterocycles. The third kappa shape index (κ3) is 3.95. The van der Waals surface area contributed by atoms with Crippen molar-refractivity contribution in [2.75, 3.05) is 20.2 Å². The molecule has 176 valence electrons. The number of nitrogens with one attached hydrogen (secondary N) is 1. The summed E-state index contributed by atoms with van der Waals surface area (Å²) in [5.41, 5.74) is 4.11. The molecule has 7 rings (SSSR count). The molecule has 3 heteroatoms. The van der Waals surface area contributed by atoms with Gasteiger partial charge in [-0.2, -0.15) is 0 Å². The van der Waals surface area contributed by atoms with Crippen LogP contribution in [-0.4, -0.2) is 37.2 Å². The Morgan fingerprint density at radius 3 is 2.03 bits per heavy atom. The van der Waals surface area contributed by atoms with Crippen molar-refractivity contribution in [1.82, 2.24) is 10.2 Å². The molecule has 4 bridgehead atoms. The van der Waals surface area contributed by atoms with Crippen LogP contribution in [0, 0.1) is 17.8 Å². The SMILES string of the molecule is COc1ccccc1CN[C@H]1C2C3CCCC2CN(C3)[C@H]1C(c1ccccc1)c1ccccc1. The van der Waals surface area contributed by atoms with E-state index in [1.54, 1.807) is 7.11 Å². The van der Waals surface area contributed by atoms with Crippen molar-refractivity contribution in [2.24, 2.45) is 17.8 Å². The fourth-order valence-electron chi connectivity index (χ4n) is 7.46. The molecule has 0 amide bonds. The fraction of sp³-hybridized carbons (Fsp3) is 0.419. The Labute approximate surface area is 204 Å². The van der Waals surface area contributed by atoms with Gasteiger partial charge in [-0.1, -0.05) is 85.3 Å². The van der Waals surface area contributed by atoms with E-state index < -0.39 is 0 Å². The van der Waals surface area contributed by atoms with Crippen molar-refractivity contribution in [2.45, 2.75) is 43.8 Å². The minimum Gasteiger partial charge on any atom is -0.496 e. The van der Waals surface area contributed by atoms with E-state index in [1.165, 1.54) is 49.0 Å². The van der Waals surface area contributed by atoms with E-state index in [0.29, 0.717) is 18.0 Å². The monoisotopic (exact) mass is 452 g/mol. The second-order valence-electron chi connectivity index (χ2n) is 10.5. The summed E-state index contributed by atoms with van der Waals surface area (Å²) in [4.78, 5) is 2.86. The van der Waals surface area contributed by atoms with Crippen molar-refractivity contribution in [3.63, 3.8) is 0 Å². The van der Waals surface area contributed by atoms with Gasteiger partial charge in [0.1, 0.15) is 5.75 Å². The minimum absolute atomic E-state index is 0.362. The fourth-order valence-corrected chi connectivity index (χ4v) is 7.46. The van der Waals surface area contributed by atoms with Gasteiger partial charge < -0.3 is 10.1 Å². The second-order valence-corrected chi connectivity index (χ2v) is 10.5. The summed E-state index contributed by atoms with van der Waals surface area (Å²) in [5.74, 6) is 3.75. The predicted octanol–water partition coefficient (Wildman–Crippen LogP) is 5.72. The molecule has 34 heavy (non-hydrogen) atoms. The first-order chi connectivity index (χ1) is 16.8. The molecule has 3 heterocycles. The lowest BCUT2D eigenvalue weighted by molar-refractivity contribution is -0.0976. The predicted molar refractivity (Wildman–Crippen MR) is 138 cm³/mol. The number of hydrogen-bond acceptors (Lipinski definition) is 3. The molecule has 3 nitrogen and oxygen atoms in total. The summed E-state index contributed by atoms with van der Waals surface area (Å²) in [6, 6.07) is 31.8. The van der Waals surface area contributed by atoms with Crippen molar-refractivity contribution < 1.29 is 4.74 Å². The Hall–Kier alpha value is -2.62. The topological polar surface area (TPSA) is 24.5 Å². The van der Waals surface area contributed by atoms with Gasteiger partial charge in [0.25, 0.3) is 0 Å². The molecule has 0 radical (unpaired) electrons. The van der Waals surface area contributed by atoms with Crippen molar-refractivity contribution in [3.8, 4) is 5.75 Å². The first kappa shape index (κ1) is 21.9. The zero-order valence-electron chi connectivity index (χ0n) is 20.1. The molecular weight excluding hydrogens is 416 g/mol. The number of piperidine rings is 3. The van der Waals surface area contributed by atoms with Crippen LogP contribution in [0.1, 0.15) is 41.9 Å². The van der Waals surface area contributed by atoms with E-state index in [1.807, 2.05) is 0 Å². The van der Waals surface area contributed by atoms with Crippen molar-refractivity contribution in [1.29, 1.82) is 0 Å². The first-order valence-corrected chi connectivity index (χ1v) is 13.0. The molecule has 3 aliphatic heterocycles. The van der Waals surface area contributed by atoms with Crippen LogP contribution >= 0.6 is 0 Å². The molecular formula is C31H36N2O. The van der Waals surface area contributed by atoms with Crippen LogP contribution in [0.25, 0.3) is 0 Å². The number of methoxy groups -OCH3 is 1. The minimum atomic E-state index is 0.362. The molecule has 0 aromatic heterocycles. The lowest BCUT2D eigenvalue weighted by Crippen LogP contribution is -2.71. The molecule has 0 spiro atoms. The summed E-state index contributed by atoms with van der Waals surface area (Å²) in [5, 5.41) is 4.12. The molecule has 3 aromatic rings. The summed E-state index contributed by atoms with van der Waals surface area (Å²) < 4.78 is 5.68. The summed E-state index contributed by atoms with van der Waals surface area (Å²) >= 11 is 0. The Kier molecular flexibility index (Phi) is 6.15. The van der Waals surface area contributed by atoms with E-state index in [9.17, 15) is 0 Å². The summed E-state index contributed by atoms with van der Waals surface area (Å²) in [7, 11) is 1.78. The highest BCUT2D eigenvalue weighted by molar-refractivity contribution is 5.37. The van der Waals surface area contributed by atoms with Gasteiger partial charge in [0.05, 0.1) is 7.11 Å². The quantitative estimate of drug-likeness (QED) is 0.496. The number of para-hydroxylation sites is 1. The Balaban J connectivity index is 1.39. The molecule has 2 unspecified atom stereocenters. The zero-order chi connectivity index (χ0) is 22.9. The van der Waals surface area contributed by atoms with Crippen LogP contribution < -0.4 is 10.1 Å². The Morgan fingerprint density at radius 1 is 0.824 bits per heavy atom. The number of ether oxygens (including phenoxy) is 1. The average Bonchev–Trinajstić information content (AvgIpc) is 2.89. The van der Waals surface area contributed by atoms with Gasteiger partial charge in [-0.05, 0) is 47.8 Å². The van der Waals surface area contributed by atoms with Gasteiger partial charge in [0.2, 0.25) is 0 Å². The number of hydrogen-bond donors (Lipinski definition) is 1. The van der Waals surface area contributed by atoms with Gasteiger partial charge >= 0.3 is 0 Å². The van der Waals surface area contributed by atoms with E-state index in [-0.39, 0.29) is 0 Å². The Morgan fingerprint density at radius 2 is 1.41 bits per heavy atom. The average molecular weight is 453 g/mol. The van der Waals surface area contributed by atoms with Crippen LogP contribution in [0.4, 0.5) is 0 Å². The van der Waals surface area contributed by atoms with Crippen molar-refractivity contribution in [3.05, 3.63) is 102 Å². The number of fused-ring (bicyclic) bond motifs is 1. The lowest BCUT2D eigenvalue weighted by atomic mass is 9.58. The second kappa shape index (κ2) is 9.56. The highest BCUT2D eigenvalue weighted by Crippen LogP contribution is 2.51. The smallest absolute Gasteiger partial charge is 0.123 e. The highest BCUT2D eigenvalue weighted by Gasteiger charge is 2.55. The molecule has 1 saturated carbocycles. The first-order valence-electron chi connectivity index (χ1n) is 13.0. The van der Waals surface area contributed by atoms with Crippen LogP contribution in [0.3, 0.4) is 0 Å². The summed E-state index contributed by atoms with van der Waals surface area (Å²) in [6.07, 6.45) is 4.18. The van der Waals surface area contributed by atoms with Crippen LogP contribution in [0.15, 0.2) is 84.9 Å². The van der Waals surface area contributed by atoms with Gasteiger partial charge in [0.15, 0.2) is 0 Å². The zero-order valence-corrected chi connectivity index (χ0v) is 20.1. The molecule has 4 fully saturated rings. The van der Waals surface area contributed by atoms with E-state index in [2.05, 4.69) is 95.1 Å². The third-order valence-electron chi connectivity index (χ3n) is 8.76. The molecule has 1 aliphatic carbocycles. The van der Waals surface area contributed by atoms with E-state index >= 15 is 0 Å². The van der Waals surface area contributed by atoms with Gasteiger partial charge in [-0.15, -0.1) is 0 Å². The number of rotatable bonds is 7. The standard InChI is InChI=1S/C31H36N2O/c1-34-27-18-9-8-15-24(27)19-32-30-28-25-16-10-17-26(28)21-33(20-25)31(30)29(22-11-4-2-5-12-22)23-13-6-3-7-14-23/h2-9,11-15,18,25-26,28-32H,10,16-17,19-21H2,1H3/t25?,26?,28?,30-,31-/m0/s1. The van der Waals surface area contributed by atoms with Crippen LogP contribution in [0.2, 0.25) is 0 Å². The maximum Gasteiger partial charge on any atom is 0.123 e. The summed E-state index contributed by atoms with van der Waals surface area (Å²) in [6.45, 7) is 3.37. The lowest BCUT2D eigenvalue weighted by Gasteiger charge is -2.62. The van der Waals surface area contributed by atoms with Crippen LogP contribution in [-0.2, 0) is 6.54 Å². The van der Waals surface area contributed by atoms with E-state index in [0.717, 1.165) is 30.0 Å². The van der Waals surface area contributed by atoms with Crippen molar-refractivity contribution >= 4 is 0 Å². The van der Waals surface area contributed by atoms with E-state index in [4.69, 9.17) is 4.74 Å². The third-order valence-corrected chi connectivity index (χ3v) is 8.76. The molecule has 3 aromatic carbocycles. The molecule has 4 aliphatic rings. The van der Waals surface area contributed by atoms with Gasteiger partial charge in [0, 0.05) is 43.2 Å². The van der Waals surface area contributed by atoms with Gasteiger partial charge in [-0.25, -0.2) is 0 Å². The highest BCUT2D eigenvalue weighted by atomic mass is 16.5. The normalized spacial score (nSPS) is 29.8. The van der Waals surface area contributed by atoms with Gasteiger partial charge in [-0.3, -0.25) is 4.90 Å². The molecule has 4 atom stereocenters.